The van der Waals surface area contributed by atoms with Crippen molar-refractivity contribution in [3.8, 4) is 0 Å². The highest BCUT2D eigenvalue weighted by atomic mass is 16.4. The van der Waals surface area contributed by atoms with E-state index in [0.29, 0.717) is 19.5 Å². The molecule has 0 bridgehead atoms. The van der Waals surface area contributed by atoms with E-state index in [1.165, 1.54) is 0 Å². The molecule has 3 rings (SSSR count). The van der Waals surface area contributed by atoms with Crippen molar-refractivity contribution in [2.24, 2.45) is 0 Å². The first-order chi connectivity index (χ1) is 10.6. The minimum atomic E-state index is -0.851. The normalized spacial score (nSPS) is 14.5. The van der Waals surface area contributed by atoms with Crippen molar-refractivity contribution < 1.29 is 14.7 Å². The third-order valence-corrected chi connectivity index (χ3v) is 4.08. The van der Waals surface area contributed by atoms with Gasteiger partial charge in [0.1, 0.15) is 6.54 Å². The molecule has 1 aliphatic rings. The lowest BCUT2D eigenvalue weighted by Gasteiger charge is -2.27. The zero-order chi connectivity index (χ0) is 15.7. The van der Waals surface area contributed by atoms with Gasteiger partial charge in [-0.3, -0.25) is 9.59 Å². The Hall–Kier alpha value is -2.56. The molecule has 1 aromatic carbocycles. The standard InChI is InChI=1S/C17H18N2O3/c1-2-5-16(20)18-9-8-15-13(10-18)12-6-3-4-7-14(12)19(15)11-17(21)22/h2-7H,8-11H2,1H3,(H,21,22). The number of fused-ring (bicyclic) bond motifs is 3. The van der Waals surface area contributed by atoms with Crippen molar-refractivity contribution in [2.75, 3.05) is 6.54 Å². The number of allylic oxidation sites excluding steroid dienone is 1. The first-order valence-electron chi connectivity index (χ1n) is 7.34. The Labute approximate surface area is 128 Å². The van der Waals surface area contributed by atoms with E-state index in [1.807, 2.05) is 35.8 Å². The summed E-state index contributed by atoms with van der Waals surface area (Å²) in [6, 6.07) is 7.79. The topological polar surface area (TPSA) is 62.5 Å². The van der Waals surface area contributed by atoms with Crippen LogP contribution in [0.2, 0.25) is 0 Å². The van der Waals surface area contributed by atoms with Gasteiger partial charge in [-0.2, -0.15) is 0 Å². The van der Waals surface area contributed by atoms with E-state index in [1.54, 1.807) is 17.1 Å². The van der Waals surface area contributed by atoms with Crippen molar-refractivity contribution in [2.45, 2.75) is 26.4 Å². The van der Waals surface area contributed by atoms with E-state index in [9.17, 15) is 9.59 Å². The van der Waals surface area contributed by atoms with Crippen LogP contribution in [0.5, 0.6) is 0 Å². The largest absolute Gasteiger partial charge is 0.480 e. The predicted molar refractivity (Wildman–Crippen MR) is 83.5 cm³/mol. The van der Waals surface area contributed by atoms with Gasteiger partial charge in [0.15, 0.2) is 0 Å². The lowest BCUT2D eigenvalue weighted by atomic mass is 10.0. The summed E-state index contributed by atoms with van der Waals surface area (Å²) < 4.78 is 1.87. The molecular formula is C17H18N2O3. The van der Waals surface area contributed by atoms with E-state index in [2.05, 4.69) is 0 Å². The molecule has 1 aliphatic heterocycles. The molecule has 0 atom stereocenters. The van der Waals surface area contributed by atoms with Crippen LogP contribution in [0, 0.1) is 0 Å². The fourth-order valence-corrected chi connectivity index (χ4v) is 3.15. The van der Waals surface area contributed by atoms with Crippen molar-refractivity contribution in [1.29, 1.82) is 0 Å². The number of para-hydroxylation sites is 1. The number of benzene rings is 1. The average Bonchev–Trinajstić information content (AvgIpc) is 2.81. The number of rotatable bonds is 3. The molecule has 5 nitrogen and oxygen atoms in total. The highest BCUT2D eigenvalue weighted by Crippen LogP contribution is 2.31. The minimum Gasteiger partial charge on any atom is -0.480 e. The molecule has 1 aromatic heterocycles. The van der Waals surface area contributed by atoms with E-state index in [4.69, 9.17) is 5.11 Å². The fourth-order valence-electron chi connectivity index (χ4n) is 3.15. The highest BCUT2D eigenvalue weighted by molar-refractivity contribution is 5.90. The molecule has 114 valence electrons. The second-order valence-electron chi connectivity index (χ2n) is 5.43. The smallest absolute Gasteiger partial charge is 0.323 e. The van der Waals surface area contributed by atoms with Crippen LogP contribution in [0.15, 0.2) is 36.4 Å². The van der Waals surface area contributed by atoms with Crippen LogP contribution < -0.4 is 0 Å². The number of carbonyl (C=O) groups excluding carboxylic acids is 1. The number of carboxylic acid groups (broad SMARTS) is 1. The maximum absolute atomic E-state index is 12.1. The Kier molecular flexibility index (Phi) is 3.71. The summed E-state index contributed by atoms with van der Waals surface area (Å²) >= 11 is 0. The molecule has 0 saturated carbocycles. The Morgan fingerprint density at radius 2 is 2.09 bits per heavy atom. The van der Waals surface area contributed by atoms with Gasteiger partial charge in [0.2, 0.25) is 5.91 Å². The summed E-state index contributed by atoms with van der Waals surface area (Å²) in [7, 11) is 0. The summed E-state index contributed by atoms with van der Waals surface area (Å²) in [6.07, 6.45) is 3.99. The van der Waals surface area contributed by atoms with Gasteiger partial charge in [0.05, 0.1) is 0 Å². The van der Waals surface area contributed by atoms with Crippen molar-refractivity contribution >= 4 is 22.8 Å². The molecule has 5 heteroatoms. The van der Waals surface area contributed by atoms with Gasteiger partial charge in [0, 0.05) is 41.7 Å². The van der Waals surface area contributed by atoms with Crippen LogP contribution in [-0.2, 0) is 29.1 Å². The third-order valence-electron chi connectivity index (χ3n) is 4.08. The molecule has 0 saturated heterocycles. The maximum atomic E-state index is 12.1. The molecule has 0 radical (unpaired) electrons. The number of carboxylic acids is 1. The molecular weight excluding hydrogens is 280 g/mol. The van der Waals surface area contributed by atoms with Gasteiger partial charge in [-0.05, 0) is 19.1 Å². The zero-order valence-electron chi connectivity index (χ0n) is 12.5. The molecule has 22 heavy (non-hydrogen) atoms. The van der Waals surface area contributed by atoms with Gasteiger partial charge in [-0.25, -0.2) is 0 Å². The quantitative estimate of drug-likeness (QED) is 0.884. The maximum Gasteiger partial charge on any atom is 0.323 e. The summed E-state index contributed by atoms with van der Waals surface area (Å²) in [5.74, 6) is -0.848. The first-order valence-corrected chi connectivity index (χ1v) is 7.34. The highest BCUT2D eigenvalue weighted by Gasteiger charge is 2.26. The van der Waals surface area contributed by atoms with Gasteiger partial charge in [-0.1, -0.05) is 24.3 Å². The first kappa shape index (κ1) is 14.4. The van der Waals surface area contributed by atoms with Gasteiger partial charge in [-0.15, -0.1) is 0 Å². The number of amides is 1. The Balaban J connectivity index is 2.07. The van der Waals surface area contributed by atoms with Crippen LogP contribution in [0.1, 0.15) is 18.2 Å². The number of hydrogen-bond acceptors (Lipinski definition) is 2. The molecule has 2 heterocycles. The van der Waals surface area contributed by atoms with E-state index >= 15 is 0 Å². The fraction of sp³-hybridized carbons (Fsp3) is 0.294. The summed E-state index contributed by atoms with van der Waals surface area (Å²) in [4.78, 5) is 25.0. The number of nitrogens with zero attached hydrogens (tertiary/aromatic N) is 2. The number of carbonyl (C=O) groups is 2. The summed E-state index contributed by atoms with van der Waals surface area (Å²) in [5.41, 5.74) is 3.03. The van der Waals surface area contributed by atoms with Crippen LogP contribution in [0.3, 0.4) is 0 Å². The second kappa shape index (κ2) is 5.67. The van der Waals surface area contributed by atoms with E-state index < -0.39 is 5.97 Å². The predicted octanol–water partition coefficient (Wildman–Crippen LogP) is 2.19. The summed E-state index contributed by atoms with van der Waals surface area (Å²) in [5, 5.41) is 10.2. The molecule has 0 aliphatic carbocycles. The van der Waals surface area contributed by atoms with Crippen LogP contribution >= 0.6 is 0 Å². The molecule has 2 aromatic rings. The number of aromatic nitrogens is 1. The van der Waals surface area contributed by atoms with Crippen molar-refractivity contribution in [3.63, 3.8) is 0 Å². The summed E-state index contributed by atoms with van der Waals surface area (Å²) in [6.45, 7) is 2.93. The SMILES string of the molecule is CC=CC(=O)N1CCc2c(c3ccccc3n2CC(=O)O)C1. The molecule has 1 N–H and O–H groups in total. The molecule has 0 unspecified atom stereocenters. The monoisotopic (exact) mass is 298 g/mol. The van der Waals surface area contributed by atoms with Crippen LogP contribution in [0.25, 0.3) is 10.9 Å². The van der Waals surface area contributed by atoms with Crippen LogP contribution in [-0.4, -0.2) is 33.0 Å². The number of hydrogen-bond donors (Lipinski definition) is 1. The Morgan fingerprint density at radius 3 is 2.82 bits per heavy atom. The van der Waals surface area contributed by atoms with Gasteiger partial charge >= 0.3 is 5.97 Å². The molecule has 0 spiro atoms. The van der Waals surface area contributed by atoms with Crippen molar-refractivity contribution in [1.82, 2.24) is 9.47 Å². The van der Waals surface area contributed by atoms with Crippen LogP contribution in [0.4, 0.5) is 0 Å². The minimum absolute atomic E-state index is 0.00298. The van der Waals surface area contributed by atoms with Crippen molar-refractivity contribution in [3.05, 3.63) is 47.7 Å². The Bertz CT molecular complexity index is 774. The van der Waals surface area contributed by atoms with Gasteiger partial charge < -0.3 is 14.6 Å². The molecule has 0 fully saturated rings. The Morgan fingerprint density at radius 1 is 1.32 bits per heavy atom. The molecule has 1 amide bonds. The van der Waals surface area contributed by atoms with E-state index in [-0.39, 0.29) is 12.5 Å². The number of aliphatic carboxylic acids is 1. The third kappa shape index (κ3) is 2.39. The van der Waals surface area contributed by atoms with Gasteiger partial charge in [0.25, 0.3) is 0 Å². The lowest BCUT2D eigenvalue weighted by molar-refractivity contribution is -0.137. The average molecular weight is 298 g/mol. The van der Waals surface area contributed by atoms with E-state index in [0.717, 1.165) is 22.2 Å². The second-order valence-corrected chi connectivity index (χ2v) is 5.43. The lowest BCUT2D eigenvalue weighted by Crippen LogP contribution is -2.35. The zero-order valence-corrected chi connectivity index (χ0v) is 12.5.